The fraction of sp³-hybridized carbons (Fsp3) is 0.0769. The van der Waals surface area contributed by atoms with Crippen molar-refractivity contribution in [2.75, 3.05) is 5.32 Å². The Hall–Kier alpha value is -1.46. The zero-order valence-electron chi connectivity index (χ0n) is 9.88. The molecule has 1 N–H and O–H groups in total. The largest absolute Gasteiger partial charge is 0.318 e. The summed E-state index contributed by atoms with van der Waals surface area (Å²) in [6.45, 7) is 1.76. The quantitative estimate of drug-likeness (QED) is 0.888. The normalized spacial score (nSPS) is 10.3. The molecule has 98 valence electrons. The Morgan fingerprint density at radius 3 is 2.84 bits per heavy atom. The van der Waals surface area contributed by atoms with Crippen molar-refractivity contribution in [2.45, 2.75) is 6.92 Å². The third kappa shape index (κ3) is 3.11. The molecule has 0 radical (unpaired) electrons. The molecule has 19 heavy (non-hydrogen) atoms. The lowest BCUT2D eigenvalue weighted by molar-refractivity contribution is 0.102. The number of rotatable bonds is 2. The van der Waals surface area contributed by atoms with Crippen LogP contribution in [0.3, 0.4) is 0 Å². The molecule has 0 aliphatic rings. The Morgan fingerprint density at radius 1 is 1.47 bits per heavy atom. The maximum Gasteiger partial charge on any atom is 0.258 e. The van der Waals surface area contributed by atoms with Gasteiger partial charge in [-0.25, -0.2) is 4.39 Å². The maximum atomic E-state index is 13.6. The van der Waals surface area contributed by atoms with Gasteiger partial charge in [-0.15, -0.1) is 0 Å². The monoisotopic (exact) mass is 342 g/mol. The minimum Gasteiger partial charge on any atom is -0.318 e. The fourth-order valence-electron chi connectivity index (χ4n) is 1.49. The molecule has 1 amide bonds. The number of halogens is 3. The summed E-state index contributed by atoms with van der Waals surface area (Å²) in [6.07, 6.45) is 1.36. The molecule has 0 aliphatic heterocycles. The number of carbonyl (C=O) groups is 1. The van der Waals surface area contributed by atoms with Gasteiger partial charge < -0.3 is 5.32 Å². The second kappa shape index (κ2) is 5.67. The predicted molar refractivity (Wildman–Crippen MR) is 76.0 cm³/mol. The second-order valence-corrected chi connectivity index (χ2v) is 5.12. The van der Waals surface area contributed by atoms with Crippen molar-refractivity contribution in [2.24, 2.45) is 0 Å². The van der Waals surface area contributed by atoms with E-state index in [1.54, 1.807) is 19.1 Å². The maximum absolute atomic E-state index is 13.6. The van der Waals surface area contributed by atoms with Crippen molar-refractivity contribution in [1.29, 1.82) is 0 Å². The molecule has 2 aromatic rings. The number of benzene rings is 1. The summed E-state index contributed by atoms with van der Waals surface area (Å²) in [5, 5.41) is 2.75. The first-order chi connectivity index (χ1) is 8.99. The van der Waals surface area contributed by atoms with Crippen LogP contribution in [0.4, 0.5) is 10.1 Å². The van der Waals surface area contributed by atoms with E-state index in [0.717, 1.165) is 0 Å². The minimum atomic E-state index is -0.529. The van der Waals surface area contributed by atoms with Gasteiger partial charge in [0.1, 0.15) is 5.82 Å². The van der Waals surface area contributed by atoms with Crippen LogP contribution in [-0.2, 0) is 0 Å². The van der Waals surface area contributed by atoms with Gasteiger partial charge in [0, 0.05) is 16.4 Å². The lowest BCUT2D eigenvalue weighted by Gasteiger charge is -2.09. The molecular weight excluding hydrogens is 335 g/mol. The van der Waals surface area contributed by atoms with Gasteiger partial charge in [-0.05, 0) is 41.1 Å². The molecule has 1 heterocycles. The zero-order valence-corrected chi connectivity index (χ0v) is 12.2. The number of pyridine rings is 1. The highest BCUT2D eigenvalue weighted by atomic mass is 79.9. The number of hydrogen-bond acceptors (Lipinski definition) is 2. The summed E-state index contributed by atoms with van der Waals surface area (Å²) in [4.78, 5) is 16.0. The first-order valence-electron chi connectivity index (χ1n) is 5.36. The summed E-state index contributed by atoms with van der Waals surface area (Å²) in [6, 6.07) is 6.01. The number of nitrogens with zero attached hydrogens (tertiary/aromatic N) is 1. The van der Waals surface area contributed by atoms with Crippen LogP contribution in [0.2, 0.25) is 5.02 Å². The van der Waals surface area contributed by atoms with Crippen molar-refractivity contribution in [3.8, 4) is 0 Å². The van der Waals surface area contributed by atoms with E-state index >= 15 is 0 Å². The van der Waals surface area contributed by atoms with Gasteiger partial charge in [0.25, 0.3) is 5.91 Å². The molecule has 0 saturated carbocycles. The first kappa shape index (κ1) is 14.0. The Kier molecular flexibility index (Phi) is 4.17. The molecule has 2 rings (SSSR count). The molecule has 0 unspecified atom stereocenters. The second-order valence-electron chi connectivity index (χ2n) is 3.86. The molecule has 6 heteroatoms. The van der Waals surface area contributed by atoms with Crippen LogP contribution in [0.1, 0.15) is 16.1 Å². The zero-order chi connectivity index (χ0) is 14.0. The highest BCUT2D eigenvalue weighted by Gasteiger charge is 2.15. The van der Waals surface area contributed by atoms with Gasteiger partial charge in [-0.3, -0.25) is 9.78 Å². The number of aromatic nitrogens is 1. The van der Waals surface area contributed by atoms with E-state index in [2.05, 4.69) is 26.2 Å². The summed E-state index contributed by atoms with van der Waals surface area (Å²) in [5.41, 5.74) is 0.972. The number of carbonyl (C=O) groups excluding carboxylic acids is 1. The van der Waals surface area contributed by atoms with Gasteiger partial charge in [-0.1, -0.05) is 17.7 Å². The molecule has 0 atom stereocenters. The molecule has 0 saturated heterocycles. The molecule has 0 aliphatic carbocycles. The lowest BCUT2D eigenvalue weighted by atomic mass is 10.2. The highest BCUT2D eigenvalue weighted by molar-refractivity contribution is 9.10. The SMILES string of the molecule is Cc1cc(Cl)c(C(=O)Nc2c(F)cccc2Br)cn1. The van der Waals surface area contributed by atoms with E-state index in [0.29, 0.717) is 10.2 Å². The van der Waals surface area contributed by atoms with Crippen LogP contribution in [0, 0.1) is 12.7 Å². The third-order valence-electron chi connectivity index (χ3n) is 2.44. The van der Waals surface area contributed by atoms with Crippen molar-refractivity contribution >= 4 is 39.1 Å². The van der Waals surface area contributed by atoms with Crippen LogP contribution in [-0.4, -0.2) is 10.9 Å². The Morgan fingerprint density at radius 2 is 2.21 bits per heavy atom. The summed E-state index contributed by atoms with van der Waals surface area (Å²) < 4.78 is 14.1. The van der Waals surface area contributed by atoms with E-state index in [1.165, 1.54) is 18.3 Å². The Balaban J connectivity index is 2.31. The summed E-state index contributed by atoms with van der Waals surface area (Å²) in [5.74, 6) is -1.04. The number of aryl methyl sites for hydroxylation is 1. The number of para-hydroxylation sites is 1. The van der Waals surface area contributed by atoms with Gasteiger partial charge in [0.15, 0.2) is 0 Å². The van der Waals surface area contributed by atoms with Crippen molar-refractivity contribution < 1.29 is 9.18 Å². The van der Waals surface area contributed by atoms with Gasteiger partial charge in [-0.2, -0.15) is 0 Å². The molecule has 0 fully saturated rings. The standard InChI is InChI=1S/C13H9BrClFN2O/c1-7-5-10(15)8(6-17-7)13(19)18-12-9(14)3-2-4-11(12)16/h2-6H,1H3,(H,18,19). The van der Waals surface area contributed by atoms with Gasteiger partial charge in [0.2, 0.25) is 0 Å². The predicted octanol–water partition coefficient (Wildman–Crippen LogP) is 4.20. The number of hydrogen-bond donors (Lipinski definition) is 1. The van der Waals surface area contributed by atoms with Crippen molar-refractivity contribution in [1.82, 2.24) is 4.98 Å². The molecule has 0 bridgehead atoms. The first-order valence-corrected chi connectivity index (χ1v) is 6.53. The number of amides is 1. The van der Waals surface area contributed by atoms with E-state index in [1.807, 2.05) is 0 Å². The van der Waals surface area contributed by atoms with E-state index < -0.39 is 11.7 Å². The molecular formula is C13H9BrClFN2O. The topological polar surface area (TPSA) is 42.0 Å². The minimum absolute atomic E-state index is 0.0733. The summed E-state index contributed by atoms with van der Waals surface area (Å²) in [7, 11) is 0. The van der Waals surface area contributed by atoms with Crippen LogP contribution in [0.25, 0.3) is 0 Å². The smallest absolute Gasteiger partial charge is 0.258 e. The average Bonchev–Trinajstić information content (AvgIpc) is 2.33. The van der Waals surface area contributed by atoms with Crippen molar-refractivity contribution in [3.05, 3.63) is 57.0 Å². The van der Waals surface area contributed by atoms with E-state index in [9.17, 15) is 9.18 Å². The number of anilines is 1. The Labute approximate surface area is 122 Å². The number of nitrogens with one attached hydrogen (secondary N) is 1. The highest BCUT2D eigenvalue weighted by Crippen LogP contribution is 2.26. The van der Waals surface area contributed by atoms with Gasteiger partial charge in [0.05, 0.1) is 16.3 Å². The fourth-order valence-corrected chi connectivity index (χ4v) is 2.23. The van der Waals surface area contributed by atoms with Crippen LogP contribution in [0.5, 0.6) is 0 Å². The van der Waals surface area contributed by atoms with E-state index in [-0.39, 0.29) is 16.3 Å². The molecule has 3 nitrogen and oxygen atoms in total. The Bertz CT molecular complexity index is 628. The lowest BCUT2D eigenvalue weighted by Crippen LogP contribution is -2.14. The van der Waals surface area contributed by atoms with Crippen LogP contribution < -0.4 is 5.32 Å². The molecule has 0 spiro atoms. The molecule has 1 aromatic heterocycles. The van der Waals surface area contributed by atoms with Crippen LogP contribution in [0.15, 0.2) is 34.9 Å². The van der Waals surface area contributed by atoms with Crippen molar-refractivity contribution in [3.63, 3.8) is 0 Å². The molecule has 1 aromatic carbocycles. The van der Waals surface area contributed by atoms with Gasteiger partial charge >= 0.3 is 0 Å². The van der Waals surface area contributed by atoms with E-state index in [4.69, 9.17) is 11.6 Å². The summed E-state index contributed by atoms with van der Waals surface area (Å²) >= 11 is 9.14. The third-order valence-corrected chi connectivity index (χ3v) is 3.41. The average molecular weight is 344 g/mol. The van der Waals surface area contributed by atoms with Crippen LogP contribution >= 0.6 is 27.5 Å².